The average Bonchev–Trinajstić information content (AvgIpc) is 2.82. The van der Waals surface area contributed by atoms with E-state index in [-0.39, 0.29) is 11.1 Å². The maximum Gasteiger partial charge on any atom is 0.131 e. The van der Waals surface area contributed by atoms with Gasteiger partial charge in [0.25, 0.3) is 0 Å². The van der Waals surface area contributed by atoms with Crippen LogP contribution in [0.4, 0.5) is 11.6 Å². The maximum absolute atomic E-state index is 5.52. The van der Waals surface area contributed by atoms with E-state index in [0.29, 0.717) is 0 Å². The third-order valence-corrected chi connectivity index (χ3v) is 7.04. The molecule has 170 valence electrons. The van der Waals surface area contributed by atoms with Gasteiger partial charge in [0.2, 0.25) is 0 Å². The predicted octanol–water partition coefficient (Wildman–Crippen LogP) is 2.30. The molecule has 8 heteroatoms. The van der Waals surface area contributed by atoms with Crippen LogP contribution in [-0.2, 0) is 9.47 Å². The largest absolute Gasteiger partial charge is 0.379 e. The second-order valence-corrected chi connectivity index (χ2v) is 8.90. The van der Waals surface area contributed by atoms with E-state index in [1.807, 2.05) is 6.07 Å². The highest BCUT2D eigenvalue weighted by atomic mass is 16.5. The van der Waals surface area contributed by atoms with Gasteiger partial charge in [-0.25, -0.2) is 9.97 Å². The van der Waals surface area contributed by atoms with E-state index in [1.54, 1.807) is 6.33 Å². The highest BCUT2D eigenvalue weighted by Crippen LogP contribution is 2.23. The van der Waals surface area contributed by atoms with Crippen molar-refractivity contribution in [2.45, 2.75) is 51.6 Å². The molecule has 1 aromatic rings. The van der Waals surface area contributed by atoms with Crippen molar-refractivity contribution in [1.29, 1.82) is 0 Å². The lowest BCUT2D eigenvalue weighted by molar-refractivity contribution is -0.0132. The number of hydrogen-bond donors (Lipinski definition) is 2. The Balaban J connectivity index is 1.57. The van der Waals surface area contributed by atoms with Crippen LogP contribution >= 0.6 is 0 Å². The van der Waals surface area contributed by atoms with Gasteiger partial charge in [-0.15, -0.1) is 0 Å². The van der Waals surface area contributed by atoms with Crippen LogP contribution in [0.3, 0.4) is 0 Å². The molecule has 2 aliphatic rings. The van der Waals surface area contributed by atoms with E-state index in [9.17, 15) is 0 Å². The molecule has 2 saturated heterocycles. The number of anilines is 2. The monoisotopic (exact) mass is 420 g/mol. The van der Waals surface area contributed by atoms with Crippen LogP contribution < -0.4 is 10.6 Å². The third kappa shape index (κ3) is 5.81. The van der Waals surface area contributed by atoms with Crippen molar-refractivity contribution in [2.24, 2.45) is 0 Å². The van der Waals surface area contributed by atoms with Crippen LogP contribution in [0.5, 0.6) is 0 Å². The van der Waals surface area contributed by atoms with Gasteiger partial charge in [0.1, 0.15) is 18.0 Å². The molecule has 3 heterocycles. The molecule has 1 aromatic heterocycles. The summed E-state index contributed by atoms with van der Waals surface area (Å²) in [7, 11) is 0. The van der Waals surface area contributed by atoms with Crippen molar-refractivity contribution in [3.05, 3.63) is 12.4 Å². The quantitative estimate of drug-likeness (QED) is 0.597. The number of ether oxygens (including phenoxy) is 2. The Morgan fingerprint density at radius 3 is 1.57 bits per heavy atom. The summed E-state index contributed by atoms with van der Waals surface area (Å²) >= 11 is 0. The number of rotatable bonds is 10. The van der Waals surface area contributed by atoms with E-state index < -0.39 is 0 Å². The topological polar surface area (TPSA) is 74.8 Å². The van der Waals surface area contributed by atoms with E-state index in [2.05, 4.69) is 58.1 Å². The molecule has 0 aromatic carbocycles. The van der Waals surface area contributed by atoms with Gasteiger partial charge in [-0.2, -0.15) is 0 Å². The summed E-state index contributed by atoms with van der Waals surface area (Å²) in [5.41, 5.74) is 0.166. The van der Waals surface area contributed by atoms with Crippen LogP contribution in [0.25, 0.3) is 0 Å². The Bertz CT molecular complexity index is 599. The number of nitrogens with one attached hydrogen (secondary N) is 2. The Labute approximate surface area is 181 Å². The van der Waals surface area contributed by atoms with Gasteiger partial charge in [0.15, 0.2) is 0 Å². The average molecular weight is 421 g/mol. The molecular weight excluding hydrogens is 380 g/mol. The molecule has 0 amide bonds. The zero-order valence-corrected chi connectivity index (χ0v) is 19.2. The first-order valence-electron chi connectivity index (χ1n) is 11.4. The lowest BCUT2D eigenvalue weighted by Gasteiger charge is -2.43. The second kappa shape index (κ2) is 10.7. The first-order valence-corrected chi connectivity index (χ1v) is 11.4. The second-order valence-electron chi connectivity index (χ2n) is 8.90. The lowest BCUT2D eigenvalue weighted by atomic mass is 9.95. The van der Waals surface area contributed by atoms with Crippen LogP contribution in [0.2, 0.25) is 0 Å². The summed E-state index contributed by atoms with van der Waals surface area (Å²) in [6.45, 7) is 18.0. The molecule has 2 N–H and O–H groups in total. The molecule has 0 aliphatic carbocycles. The molecule has 2 aliphatic heterocycles. The first-order chi connectivity index (χ1) is 14.5. The van der Waals surface area contributed by atoms with Crippen LogP contribution in [0.1, 0.15) is 40.5 Å². The number of hydrogen-bond acceptors (Lipinski definition) is 8. The standard InChI is InChI=1S/C22H40N6O2/c1-5-21(3,27-7-11-29-12-8-27)16-23-19-15-20(26-18-25-19)24-17-22(4,6-2)28-9-13-30-14-10-28/h15,18H,5-14,16-17H2,1-4H3,(H2,23,24,25,26). The predicted molar refractivity (Wildman–Crippen MR) is 121 cm³/mol. The summed E-state index contributed by atoms with van der Waals surface area (Å²) in [5, 5.41) is 7.10. The fourth-order valence-corrected chi connectivity index (χ4v) is 4.24. The SMILES string of the molecule is CCC(C)(CNc1cc(NCC(C)(CC)N2CCOCC2)ncn1)N1CCOCC1. The summed E-state index contributed by atoms with van der Waals surface area (Å²) < 4.78 is 11.0. The van der Waals surface area contributed by atoms with Gasteiger partial charge in [-0.3, -0.25) is 9.80 Å². The molecular formula is C22H40N6O2. The molecule has 2 unspecified atom stereocenters. The molecule has 3 rings (SSSR count). The maximum atomic E-state index is 5.52. The van der Waals surface area contributed by atoms with Crippen molar-refractivity contribution >= 4 is 11.6 Å². The summed E-state index contributed by atoms with van der Waals surface area (Å²) in [4.78, 5) is 13.9. The van der Waals surface area contributed by atoms with Crippen LogP contribution in [-0.4, -0.2) is 96.5 Å². The summed E-state index contributed by atoms with van der Waals surface area (Å²) in [6, 6.07) is 2.02. The van der Waals surface area contributed by atoms with Gasteiger partial charge >= 0.3 is 0 Å². The van der Waals surface area contributed by atoms with E-state index in [1.165, 1.54) is 0 Å². The molecule has 2 fully saturated rings. The lowest BCUT2D eigenvalue weighted by Crippen LogP contribution is -2.55. The highest BCUT2D eigenvalue weighted by Gasteiger charge is 2.32. The fraction of sp³-hybridized carbons (Fsp3) is 0.818. The molecule has 8 nitrogen and oxygen atoms in total. The fourth-order valence-electron chi connectivity index (χ4n) is 4.24. The zero-order valence-electron chi connectivity index (χ0n) is 19.2. The Kier molecular flexibility index (Phi) is 8.27. The number of nitrogens with zero attached hydrogens (tertiary/aromatic N) is 4. The van der Waals surface area contributed by atoms with Crippen molar-refractivity contribution in [3.63, 3.8) is 0 Å². The van der Waals surface area contributed by atoms with E-state index in [0.717, 1.165) is 90.2 Å². The normalized spacial score (nSPS) is 22.8. The Morgan fingerprint density at radius 2 is 1.20 bits per heavy atom. The van der Waals surface area contributed by atoms with Gasteiger partial charge in [-0.05, 0) is 26.7 Å². The molecule has 0 spiro atoms. The van der Waals surface area contributed by atoms with Gasteiger partial charge in [-0.1, -0.05) is 13.8 Å². The van der Waals surface area contributed by atoms with Gasteiger partial charge < -0.3 is 20.1 Å². The van der Waals surface area contributed by atoms with Crippen molar-refractivity contribution in [1.82, 2.24) is 19.8 Å². The van der Waals surface area contributed by atoms with Gasteiger partial charge in [0, 0.05) is 56.4 Å². The minimum absolute atomic E-state index is 0.0828. The van der Waals surface area contributed by atoms with Crippen molar-refractivity contribution in [2.75, 3.05) is 76.3 Å². The summed E-state index contributed by atoms with van der Waals surface area (Å²) in [6.07, 6.45) is 3.79. The van der Waals surface area contributed by atoms with E-state index >= 15 is 0 Å². The van der Waals surface area contributed by atoms with Crippen molar-refractivity contribution < 1.29 is 9.47 Å². The Morgan fingerprint density at radius 1 is 0.800 bits per heavy atom. The highest BCUT2D eigenvalue weighted by molar-refractivity contribution is 5.47. The zero-order chi connectivity index (χ0) is 21.5. The molecule has 0 radical (unpaired) electrons. The first kappa shape index (κ1) is 23.2. The van der Waals surface area contributed by atoms with E-state index in [4.69, 9.17) is 9.47 Å². The molecule has 30 heavy (non-hydrogen) atoms. The van der Waals surface area contributed by atoms with Crippen molar-refractivity contribution in [3.8, 4) is 0 Å². The third-order valence-electron chi connectivity index (χ3n) is 7.04. The Hall–Kier alpha value is -1.48. The minimum Gasteiger partial charge on any atom is -0.379 e. The number of morpholine rings is 2. The summed E-state index contributed by atoms with van der Waals surface area (Å²) in [5.74, 6) is 1.73. The number of aromatic nitrogens is 2. The van der Waals surface area contributed by atoms with Crippen LogP contribution in [0.15, 0.2) is 12.4 Å². The minimum atomic E-state index is 0.0828. The smallest absolute Gasteiger partial charge is 0.131 e. The molecule has 2 atom stereocenters. The van der Waals surface area contributed by atoms with Crippen LogP contribution in [0, 0.1) is 0 Å². The molecule has 0 bridgehead atoms. The molecule has 0 saturated carbocycles. The van der Waals surface area contributed by atoms with Gasteiger partial charge in [0.05, 0.1) is 26.4 Å².